The van der Waals surface area contributed by atoms with E-state index < -0.39 is 0 Å². The first-order valence-electron chi connectivity index (χ1n) is 7.22. The van der Waals surface area contributed by atoms with Crippen LogP contribution >= 0.6 is 0 Å². The molecule has 0 aromatic heterocycles. The largest absolute Gasteiger partial charge is 0.379 e. The summed E-state index contributed by atoms with van der Waals surface area (Å²) in [7, 11) is 0. The van der Waals surface area contributed by atoms with Crippen molar-refractivity contribution in [2.75, 3.05) is 13.2 Å². The van der Waals surface area contributed by atoms with Crippen LogP contribution in [0.1, 0.15) is 50.8 Å². The highest BCUT2D eigenvalue weighted by molar-refractivity contribution is 5.27. The molecule has 1 N–H and O–H groups in total. The van der Waals surface area contributed by atoms with Crippen molar-refractivity contribution in [1.29, 1.82) is 0 Å². The molecule has 0 saturated heterocycles. The summed E-state index contributed by atoms with van der Waals surface area (Å²) in [4.78, 5) is 0. The van der Waals surface area contributed by atoms with E-state index in [-0.39, 0.29) is 23.8 Å². The minimum Gasteiger partial charge on any atom is -0.379 e. The fraction of sp³-hybridized carbons (Fsp3) is 0.625. The van der Waals surface area contributed by atoms with Crippen molar-refractivity contribution in [3.63, 3.8) is 0 Å². The van der Waals surface area contributed by atoms with Gasteiger partial charge in [0.15, 0.2) is 0 Å². The minimum absolute atomic E-state index is 0.198. The minimum atomic E-state index is -0.361. The van der Waals surface area contributed by atoms with Gasteiger partial charge < -0.3 is 10.1 Å². The SMILES string of the molecule is Cc1cc(F)c(C(C)NCCCCOC(C)C)cc1F. The van der Waals surface area contributed by atoms with Crippen molar-refractivity contribution in [3.05, 3.63) is 34.9 Å². The van der Waals surface area contributed by atoms with E-state index >= 15 is 0 Å². The topological polar surface area (TPSA) is 21.3 Å². The number of halogens is 2. The van der Waals surface area contributed by atoms with Gasteiger partial charge in [0.1, 0.15) is 11.6 Å². The normalized spacial score (nSPS) is 12.9. The number of rotatable bonds is 8. The van der Waals surface area contributed by atoms with E-state index in [0.717, 1.165) is 26.0 Å². The average Bonchev–Trinajstić information content (AvgIpc) is 2.37. The monoisotopic (exact) mass is 285 g/mol. The first-order valence-corrected chi connectivity index (χ1v) is 7.22. The Labute approximate surface area is 120 Å². The summed E-state index contributed by atoms with van der Waals surface area (Å²) in [6.07, 6.45) is 2.17. The molecule has 1 atom stereocenters. The van der Waals surface area contributed by atoms with Gasteiger partial charge in [-0.3, -0.25) is 0 Å². The maximum absolute atomic E-state index is 13.8. The van der Waals surface area contributed by atoms with E-state index in [1.807, 2.05) is 20.8 Å². The zero-order chi connectivity index (χ0) is 15.1. The fourth-order valence-electron chi connectivity index (χ4n) is 1.97. The Hall–Kier alpha value is -1.00. The molecule has 0 fully saturated rings. The molecule has 0 aliphatic carbocycles. The van der Waals surface area contributed by atoms with E-state index in [4.69, 9.17) is 4.74 Å². The first-order chi connectivity index (χ1) is 9.41. The van der Waals surface area contributed by atoms with Gasteiger partial charge in [-0.1, -0.05) is 0 Å². The van der Waals surface area contributed by atoms with Gasteiger partial charge in [0.05, 0.1) is 6.10 Å². The molecule has 1 unspecified atom stereocenters. The zero-order valence-electron chi connectivity index (χ0n) is 12.8. The second kappa shape index (κ2) is 8.32. The van der Waals surface area contributed by atoms with E-state index in [9.17, 15) is 8.78 Å². The summed E-state index contributed by atoms with van der Waals surface area (Å²) < 4.78 is 32.7. The van der Waals surface area contributed by atoms with E-state index in [1.54, 1.807) is 6.92 Å². The lowest BCUT2D eigenvalue weighted by Gasteiger charge is -2.16. The van der Waals surface area contributed by atoms with Gasteiger partial charge in [0.25, 0.3) is 0 Å². The number of aryl methyl sites for hydroxylation is 1. The third-order valence-corrected chi connectivity index (χ3v) is 3.22. The smallest absolute Gasteiger partial charge is 0.128 e. The van der Waals surface area contributed by atoms with Crippen molar-refractivity contribution in [3.8, 4) is 0 Å². The van der Waals surface area contributed by atoms with Gasteiger partial charge >= 0.3 is 0 Å². The van der Waals surface area contributed by atoms with Gasteiger partial charge in [-0.15, -0.1) is 0 Å². The highest BCUT2D eigenvalue weighted by Gasteiger charge is 2.13. The third-order valence-electron chi connectivity index (χ3n) is 3.22. The Kier molecular flexibility index (Phi) is 7.10. The van der Waals surface area contributed by atoms with Crippen LogP contribution in [0.5, 0.6) is 0 Å². The lowest BCUT2D eigenvalue weighted by molar-refractivity contribution is 0.0759. The van der Waals surface area contributed by atoms with Gasteiger partial charge in [0, 0.05) is 18.2 Å². The average molecular weight is 285 g/mol. The van der Waals surface area contributed by atoms with Gasteiger partial charge in [0.2, 0.25) is 0 Å². The lowest BCUT2D eigenvalue weighted by atomic mass is 10.0. The molecule has 4 heteroatoms. The lowest BCUT2D eigenvalue weighted by Crippen LogP contribution is -2.21. The van der Waals surface area contributed by atoms with Crippen LogP contribution < -0.4 is 5.32 Å². The fourth-order valence-corrected chi connectivity index (χ4v) is 1.97. The third kappa shape index (κ3) is 5.55. The maximum atomic E-state index is 13.8. The predicted octanol–water partition coefficient (Wildman–Crippen LogP) is 4.13. The molecule has 20 heavy (non-hydrogen) atoms. The van der Waals surface area contributed by atoms with Crippen molar-refractivity contribution < 1.29 is 13.5 Å². The summed E-state index contributed by atoms with van der Waals surface area (Å²) in [6, 6.07) is 2.33. The summed E-state index contributed by atoms with van der Waals surface area (Å²) in [6.45, 7) is 8.93. The highest BCUT2D eigenvalue weighted by Crippen LogP contribution is 2.20. The van der Waals surface area contributed by atoms with Crippen LogP contribution in [-0.2, 0) is 4.74 Å². The molecular formula is C16H25F2NO. The van der Waals surface area contributed by atoms with Crippen LogP contribution in [0.25, 0.3) is 0 Å². The first kappa shape index (κ1) is 17.1. The van der Waals surface area contributed by atoms with Crippen LogP contribution in [-0.4, -0.2) is 19.3 Å². The molecule has 1 aromatic carbocycles. The second-order valence-corrected chi connectivity index (χ2v) is 5.43. The number of ether oxygens (including phenoxy) is 1. The molecular weight excluding hydrogens is 260 g/mol. The molecule has 2 nitrogen and oxygen atoms in total. The van der Waals surface area contributed by atoms with Crippen molar-refractivity contribution in [2.24, 2.45) is 0 Å². The van der Waals surface area contributed by atoms with Crippen molar-refractivity contribution in [1.82, 2.24) is 5.32 Å². The Morgan fingerprint density at radius 3 is 2.45 bits per heavy atom. The molecule has 0 saturated carbocycles. The molecule has 0 aliphatic heterocycles. The molecule has 1 aromatic rings. The molecule has 0 spiro atoms. The van der Waals surface area contributed by atoms with Gasteiger partial charge in [-0.05, 0) is 64.8 Å². The second-order valence-electron chi connectivity index (χ2n) is 5.43. The Morgan fingerprint density at radius 2 is 1.80 bits per heavy atom. The molecule has 0 amide bonds. The Morgan fingerprint density at radius 1 is 1.10 bits per heavy atom. The summed E-state index contributed by atoms with van der Waals surface area (Å²) in [5.41, 5.74) is 0.718. The number of benzene rings is 1. The zero-order valence-corrected chi connectivity index (χ0v) is 12.8. The number of nitrogens with one attached hydrogen (secondary N) is 1. The Balaban J connectivity index is 2.36. The van der Waals surface area contributed by atoms with Crippen LogP contribution in [0, 0.1) is 18.6 Å². The maximum Gasteiger partial charge on any atom is 0.128 e. The quantitative estimate of drug-likeness (QED) is 0.725. The van der Waals surface area contributed by atoms with E-state index in [1.165, 1.54) is 12.1 Å². The highest BCUT2D eigenvalue weighted by atomic mass is 19.1. The molecule has 0 heterocycles. The van der Waals surface area contributed by atoms with Crippen LogP contribution in [0.3, 0.4) is 0 Å². The number of unbranched alkanes of at least 4 members (excludes halogenated alkanes) is 1. The molecule has 114 valence electrons. The summed E-state index contributed by atoms with van der Waals surface area (Å²) >= 11 is 0. The van der Waals surface area contributed by atoms with Gasteiger partial charge in [-0.2, -0.15) is 0 Å². The van der Waals surface area contributed by atoms with E-state index in [0.29, 0.717) is 11.1 Å². The van der Waals surface area contributed by atoms with Crippen molar-refractivity contribution >= 4 is 0 Å². The van der Waals surface area contributed by atoms with E-state index in [2.05, 4.69) is 5.32 Å². The molecule has 0 bridgehead atoms. The van der Waals surface area contributed by atoms with Crippen LogP contribution in [0.15, 0.2) is 12.1 Å². The summed E-state index contributed by atoms with van der Waals surface area (Å²) in [5.74, 6) is -0.715. The molecule has 0 aliphatic rings. The molecule has 1 rings (SSSR count). The van der Waals surface area contributed by atoms with Gasteiger partial charge in [-0.25, -0.2) is 8.78 Å². The standard InChI is InChI=1S/C16H25F2NO/c1-11(2)20-8-6-5-7-19-13(4)14-10-15(17)12(3)9-16(14)18/h9-11,13,19H,5-8H2,1-4H3. The van der Waals surface area contributed by atoms with Crippen molar-refractivity contribution in [2.45, 2.75) is 52.7 Å². The Bertz CT molecular complexity index is 421. The summed E-state index contributed by atoms with van der Waals surface area (Å²) in [5, 5.41) is 3.21. The van der Waals surface area contributed by atoms with Crippen LogP contribution in [0.2, 0.25) is 0 Å². The van der Waals surface area contributed by atoms with Crippen LogP contribution in [0.4, 0.5) is 8.78 Å². The molecule has 0 radical (unpaired) electrons. The number of hydrogen-bond acceptors (Lipinski definition) is 2. The predicted molar refractivity (Wildman–Crippen MR) is 77.8 cm³/mol. The number of hydrogen-bond donors (Lipinski definition) is 1.